The minimum absolute atomic E-state index is 0.284. The van der Waals surface area contributed by atoms with Crippen LogP contribution in [0, 0.1) is 17.8 Å². The molecule has 0 amide bonds. The summed E-state index contributed by atoms with van der Waals surface area (Å²) >= 11 is 0. The summed E-state index contributed by atoms with van der Waals surface area (Å²) in [6.07, 6.45) is 2.01. The van der Waals surface area contributed by atoms with E-state index in [1.807, 2.05) is 14.1 Å². The lowest BCUT2D eigenvalue weighted by molar-refractivity contribution is -0.128. The predicted octanol–water partition coefficient (Wildman–Crippen LogP) is 1.80. The quantitative estimate of drug-likeness (QED) is 0.650. The van der Waals surface area contributed by atoms with E-state index in [1.165, 1.54) is 6.42 Å². The number of Topliss-reactive ketones (excluding diaryl/α,β-unsaturated/α-hetero) is 1. The summed E-state index contributed by atoms with van der Waals surface area (Å²) in [5, 5.41) is 0. The molecule has 0 aromatic heterocycles. The lowest BCUT2D eigenvalue weighted by Gasteiger charge is -2.32. The first-order valence-corrected chi connectivity index (χ1v) is 5.18. The maximum absolute atomic E-state index is 11.7. The smallest absolute Gasteiger partial charge is 0.137 e. The Morgan fingerprint density at radius 2 is 2.00 bits per heavy atom. The maximum atomic E-state index is 11.7. The molecular weight excluding hydrogens is 162 g/mol. The Balaban J connectivity index is 2.56. The van der Waals surface area contributed by atoms with Crippen LogP contribution in [0.1, 0.15) is 26.7 Å². The fourth-order valence-corrected chi connectivity index (χ4v) is 2.37. The van der Waals surface area contributed by atoms with Crippen molar-refractivity contribution in [1.82, 2.24) is 4.90 Å². The molecule has 0 heterocycles. The molecule has 0 aromatic carbocycles. The summed E-state index contributed by atoms with van der Waals surface area (Å²) in [6, 6.07) is 0. The highest BCUT2D eigenvalue weighted by Crippen LogP contribution is 2.31. The average molecular weight is 183 g/mol. The van der Waals surface area contributed by atoms with Crippen LogP contribution in [0.15, 0.2) is 0 Å². The van der Waals surface area contributed by atoms with Crippen LogP contribution in [0.4, 0.5) is 0 Å². The van der Waals surface area contributed by atoms with Gasteiger partial charge in [-0.05, 0) is 32.4 Å². The Morgan fingerprint density at radius 3 is 2.46 bits per heavy atom. The van der Waals surface area contributed by atoms with Crippen molar-refractivity contribution in [2.24, 2.45) is 17.8 Å². The van der Waals surface area contributed by atoms with E-state index in [4.69, 9.17) is 0 Å². The van der Waals surface area contributed by atoms with Gasteiger partial charge >= 0.3 is 0 Å². The molecule has 2 heteroatoms. The van der Waals surface area contributed by atoms with Crippen LogP contribution in [-0.4, -0.2) is 31.3 Å². The largest absolute Gasteiger partial charge is 0.309 e. The van der Waals surface area contributed by atoms with Crippen molar-refractivity contribution in [2.75, 3.05) is 20.6 Å². The third-order valence-corrected chi connectivity index (χ3v) is 2.99. The minimum atomic E-state index is 0.284. The lowest BCUT2D eigenvalue weighted by Crippen LogP contribution is -2.37. The molecule has 1 saturated carbocycles. The normalized spacial score (nSPS) is 35.5. The zero-order valence-electron chi connectivity index (χ0n) is 9.21. The molecule has 2 nitrogen and oxygen atoms in total. The third-order valence-electron chi connectivity index (χ3n) is 2.99. The second kappa shape index (κ2) is 4.23. The van der Waals surface area contributed by atoms with E-state index in [0.29, 0.717) is 17.6 Å². The first kappa shape index (κ1) is 10.7. The Kier molecular flexibility index (Phi) is 3.48. The van der Waals surface area contributed by atoms with Gasteiger partial charge in [0.05, 0.1) is 0 Å². The summed E-state index contributed by atoms with van der Waals surface area (Å²) in [5.41, 5.74) is 0. The fourth-order valence-electron chi connectivity index (χ4n) is 2.37. The van der Waals surface area contributed by atoms with Gasteiger partial charge in [-0.25, -0.2) is 0 Å². The highest BCUT2D eigenvalue weighted by Gasteiger charge is 2.32. The molecule has 1 aliphatic carbocycles. The SMILES string of the molecule is CC1CC(=O)C(CN(C)C)C(C)C1. The molecule has 1 rings (SSSR count). The molecule has 0 radical (unpaired) electrons. The Labute approximate surface area is 81.3 Å². The van der Waals surface area contributed by atoms with E-state index in [0.717, 1.165) is 13.0 Å². The zero-order valence-corrected chi connectivity index (χ0v) is 9.21. The van der Waals surface area contributed by atoms with E-state index in [2.05, 4.69) is 18.7 Å². The summed E-state index contributed by atoms with van der Waals surface area (Å²) < 4.78 is 0. The van der Waals surface area contributed by atoms with Gasteiger partial charge < -0.3 is 4.90 Å². The van der Waals surface area contributed by atoms with Crippen molar-refractivity contribution in [3.8, 4) is 0 Å². The molecule has 76 valence electrons. The van der Waals surface area contributed by atoms with Gasteiger partial charge in [0.2, 0.25) is 0 Å². The van der Waals surface area contributed by atoms with Gasteiger partial charge in [-0.3, -0.25) is 4.79 Å². The van der Waals surface area contributed by atoms with Crippen molar-refractivity contribution in [3.63, 3.8) is 0 Å². The number of hydrogen-bond acceptors (Lipinski definition) is 2. The van der Waals surface area contributed by atoms with Crippen LogP contribution in [-0.2, 0) is 4.79 Å². The molecule has 0 spiro atoms. The molecule has 13 heavy (non-hydrogen) atoms. The Hall–Kier alpha value is -0.370. The number of rotatable bonds is 2. The number of hydrogen-bond donors (Lipinski definition) is 0. The van der Waals surface area contributed by atoms with Gasteiger partial charge in [-0.2, -0.15) is 0 Å². The Morgan fingerprint density at radius 1 is 1.38 bits per heavy atom. The van der Waals surface area contributed by atoms with Crippen LogP contribution < -0.4 is 0 Å². The molecule has 0 aliphatic heterocycles. The molecule has 0 aromatic rings. The first-order valence-electron chi connectivity index (χ1n) is 5.18. The zero-order chi connectivity index (χ0) is 10.0. The highest BCUT2D eigenvalue weighted by atomic mass is 16.1. The number of carbonyl (C=O) groups is 1. The van der Waals surface area contributed by atoms with Crippen LogP contribution in [0.3, 0.4) is 0 Å². The summed E-state index contributed by atoms with van der Waals surface area (Å²) in [5.74, 6) is 1.92. The van der Waals surface area contributed by atoms with Gasteiger partial charge in [-0.1, -0.05) is 13.8 Å². The molecule has 0 saturated heterocycles. The Bertz CT molecular complexity index is 189. The molecule has 1 fully saturated rings. The second-order valence-corrected chi connectivity index (χ2v) is 4.86. The number of nitrogens with zero attached hydrogens (tertiary/aromatic N) is 1. The van der Waals surface area contributed by atoms with Crippen LogP contribution in [0.25, 0.3) is 0 Å². The molecule has 0 N–H and O–H groups in total. The third kappa shape index (κ3) is 2.80. The van der Waals surface area contributed by atoms with Crippen LogP contribution in [0.5, 0.6) is 0 Å². The minimum Gasteiger partial charge on any atom is -0.309 e. The molecule has 3 atom stereocenters. The van der Waals surface area contributed by atoms with E-state index in [-0.39, 0.29) is 5.92 Å². The van der Waals surface area contributed by atoms with E-state index < -0.39 is 0 Å². The van der Waals surface area contributed by atoms with Crippen molar-refractivity contribution in [3.05, 3.63) is 0 Å². The van der Waals surface area contributed by atoms with Crippen molar-refractivity contribution >= 4 is 5.78 Å². The molecule has 3 unspecified atom stereocenters. The summed E-state index contributed by atoms with van der Waals surface area (Å²) in [4.78, 5) is 13.8. The highest BCUT2D eigenvalue weighted by molar-refractivity contribution is 5.82. The van der Waals surface area contributed by atoms with Crippen LogP contribution >= 0.6 is 0 Å². The van der Waals surface area contributed by atoms with Gasteiger partial charge in [0, 0.05) is 18.9 Å². The van der Waals surface area contributed by atoms with Crippen molar-refractivity contribution < 1.29 is 4.79 Å². The predicted molar refractivity (Wildman–Crippen MR) is 54.6 cm³/mol. The maximum Gasteiger partial charge on any atom is 0.137 e. The summed E-state index contributed by atoms with van der Waals surface area (Å²) in [7, 11) is 4.08. The monoisotopic (exact) mass is 183 g/mol. The van der Waals surface area contributed by atoms with Gasteiger partial charge in [0.1, 0.15) is 5.78 Å². The van der Waals surface area contributed by atoms with Gasteiger partial charge in [-0.15, -0.1) is 0 Å². The summed E-state index contributed by atoms with van der Waals surface area (Å²) in [6.45, 7) is 5.31. The van der Waals surface area contributed by atoms with Gasteiger partial charge in [0.25, 0.3) is 0 Å². The van der Waals surface area contributed by atoms with Crippen LogP contribution in [0.2, 0.25) is 0 Å². The average Bonchev–Trinajstić information content (AvgIpc) is 1.96. The van der Waals surface area contributed by atoms with E-state index >= 15 is 0 Å². The standard InChI is InChI=1S/C11H21NO/c1-8-5-9(2)10(7-12(3)4)11(13)6-8/h8-10H,5-7H2,1-4H3. The molecule has 1 aliphatic rings. The fraction of sp³-hybridized carbons (Fsp3) is 0.909. The van der Waals surface area contributed by atoms with Gasteiger partial charge in [0.15, 0.2) is 0 Å². The second-order valence-electron chi connectivity index (χ2n) is 4.86. The molecular formula is C11H21NO. The number of ketones is 1. The number of carbonyl (C=O) groups excluding carboxylic acids is 1. The van der Waals surface area contributed by atoms with E-state index in [1.54, 1.807) is 0 Å². The molecule has 0 bridgehead atoms. The van der Waals surface area contributed by atoms with E-state index in [9.17, 15) is 4.79 Å². The van der Waals surface area contributed by atoms with Crippen molar-refractivity contribution in [2.45, 2.75) is 26.7 Å². The topological polar surface area (TPSA) is 20.3 Å². The van der Waals surface area contributed by atoms with Crippen molar-refractivity contribution in [1.29, 1.82) is 0 Å². The lowest BCUT2D eigenvalue weighted by atomic mass is 9.74. The first-order chi connectivity index (χ1) is 6.00.